The standard InChI is InChI=1S/C19H32ClN7O2/c1-3-13-12-26(9-10-27(13)14-4-7-25(2)8-5-14)18-16(20)23-15(17(21)24-18)19(29)22-6-11-28/h13-14,28H,3-12H2,1-2H3,(H2,21,24)(H,22,29)/t13-/m0/s1. The minimum atomic E-state index is -0.490. The summed E-state index contributed by atoms with van der Waals surface area (Å²) in [6, 6.07) is 1.05. The molecule has 4 N–H and O–H groups in total. The molecule has 1 atom stereocenters. The average Bonchev–Trinajstić information content (AvgIpc) is 2.73. The minimum Gasteiger partial charge on any atom is -0.395 e. The first kappa shape index (κ1) is 22.0. The lowest BCUT2D eigenvalue weighted by Gasteiger charge is -2.47. The van der Waals surface area contributed by atoms with Gasteiger partial charge in [-0.2, -0.15) is 0 Å². The number of aliphatic hydroxyl groups excluding tert-OH is 1. The molecular weight excluding hydrogens is 394 g/mol. The zero-order valence-corrected chi connectivity index (χ0v) is 18.0. The normalized spacial score (nSPS) is 22.1. The van der Waals surface area contributed by atoms with Crippen LogP contribution in [0.3, 0.4) is 0 Å². The quantitative estimate of drug-likeness (QED) is 0.601. The summed E-state index contributed by atoms with van der Waals surface area (Å²) in [6.07, 6.45) is 3.46. The lowest BCUT2D eigenvalue weighted by atomic mass is 9.98. The molecule has 1 amide bonds. The van der Waals surface area contributed by atoms with Crippen LogP contribution in [-0.2, 0) is 0 Å². The fourth-order valence-corrected chi connectivity index (χ4v) is 4.52. The number of rotatable bonds is 6. The smallest absolute Gasteiger partial charge is 0.273 e. The first-order valence-corrected chi connectivity index (χ1v) is 10.7. The van der Waals surface area contributed by atoms with Gasteiger partial charge in [0.05, 0.1) is 6.61 Å². The molecule has 2 aliphatic rings. The van der Waals surface area contributed by atoms with Gasteiger partial charge in [0.2, 0.25) is 0 Å². The fraction of sp³-hybridized carbons (Fsp3) is 0.737. The van der Waals surface area contributed by atoms with Gasteiger partial charge in [-0.25, -0.2) is 9.97 Å². The van der Waals surface area contributed by atoms with Crippen molar-refractivity contribution in [3.63, 3.8) is 0 Å². The van der Waals surface area contributed by atoms with Crippen LogP contribution in [0.1, 0.15) is 36.7 Å². The number of piperidine rings is 1. The molecule has 10 heteroatoms. The first-order valence-electron chi connectivity index (χ1n) is 10.4. The van der Waals surface area contributed by atoms with Crippen LogP contribution < -0.4 is 16.0 Å². The topological polar surface area (TPSA) is 111 Å². The maximum atomic E-state index is 12.1. The molecule has 9 nitrogen and oxygen atoms in total. The molecule has 0 bridgehead atoms. The van der Waals surface area contributed by atoms with E-state index in [1.165, 1.54) is 12.8 Å². The molecule has 3 rings (SSSR count). The van der Waals surface area contributed by atoms with Crippen LogP contribution in [0.25, 0.3) is 0 Å². The highest BCUT2D eigenvalue weighted by molar-refractivity contribution is 6.32. The molecule has 3 heterocycles. The Morgan fingerprint density at radius 2 is 2.00 bits per heavy atom. The zero-order chi connectivity index (χ0) is 21.0. The summed E-state index contributed by atoms with van der Waals surface area (Å²) in [6.45, 7) is 7.03. The highest BCUT2D eigenvalue weighted by atomic mass is 35.5. The van der Waals surface area contributed by atoms with Crippen LogP contribution >= 0.6 is 11.6 Å². The Labute approximate surface area is 177 Å². The molecule has 2 saturated heterocycles. The Bertz CT molecular complexity index is 712. The van der Waals surface area contributed by atoms with E-state index < -0.39 is 5.91 Å². The zero-order valence-electron chi connectivity index (χ0n) is 17.3. The summed E-state index contributed by atoms with van der Waals surface area (Å²) in [5.41, 5.74) is 5.99. The number of hydrogen-bond acceptors (Lipinski definition) is 8. The molecule has 0 aliphatic carbocycles. The molecule has 29 heavy (non-hydrogen) atoms. The van der Waals surface area contributed by atoms with E-state index in [4.69, 9.17) is 22.4 Å². The number of carbonyl (C=O) groups excluding carboxylic acids is 1. The molecular formula is C19H32ClN7O2. The maximum absolute atomic E-state index is 12.1. The second-order valence-electron chi connectivity index (χ2n) is 7.83. The molecule has 1 aromatic heterocycles. The number of aliphatic hydroxyl groups is 1. The van der Waals surface area contributed by atoms with Gasteiger partial charge in [0.1, 0.15) is 0 Å². The maximum Gasteiger partial charge on any atom is 0.273 e. The van der Waals surface area contributed by atoms with E-state index in [-0.39, 0.29) is 29.8 Å². The van der Waals surface area contributed by atoms with Gasteiger partial charge in [0.25, 0.3) is 5.91 Å². The number of hydrogen-bond donors (Lipinski definition) is 3. The molecule has 0 aromatic carbocycles. The molecule has 2 aliphatic heterocycles. The van der Waals surface area contributed by atoms with E-state index in [0.29, 0.717) is 17.9 Å². The Hall–Kier alpha value is -1.68. The fourth-order valence-electron chi connectivity index (χ4n) is 4.27. The summed E-state index contributed by atoms with van der Waals surface area (Å²) >= 11 is 6.39. The van der Waals surface area contributed by atoms with Crippen molar-refractivity contribution in [2.45, 2.75) is 38.3 Å². The second kappa shape index (κ2) is 9.88. The Kier molecular flexibility index (Phi) is 7.50. The van der Waals surface area contributed by atoms with Crippen LogP contribution in [0.5, 0.6) is 0 Å². The van der Waals surface area contributed by atoms with Crippen molar-refractivity contribution in [2.75, 3.05) is 63.6 Å². The van der Waals surface area contributed by atoms with Crippen molar-refractivity contribution >= 4 is 29.1 Å². The van der Waals surface area contributed by atoms with E-state index in [1.54, 1.807) is 0 Å². The number of anilines is 2. The van der Waals surface area contributed by atoms with Crippen molar-refractivity contribution in [3.8, 4) is 0 Å². The summed E-state index contributed by atoms with van der Waals surface area (Å²) < 4.78 is 0. The number of halogens is 1. The third kappa shape index (κ3) is 5.09. The second-order valence-corrected chi connectivity index (χ2v) is 8.19. The van der Waals surface area contributed by atoms with Crippen LogP contribution in [0, 0.1) is 0 Å². The lowest BCUT2D eigenvalue weighted by Crippen LogP contribution is -2.58. The Balaban J connectivity index is 1.71. The van der Waals surface area contributed by atoms with Crippen LogP contribution in [0.2, 0.25) is 5.15 Å². The van der Waals surface area contributed by atoms with Crippen molar-refractivity contribution in [2.24, 2.45) is 0 Å². The Morgan fingerprint density at radius 3 is 2.66 bits per heavy atom. The van der Waals surface area contributed by atoms with Crippen LogP contribution in [0.15, 0.2) is 0 Å². The summed E-state index contributed by atoms with van der Waals surface area (Å²) in [4.78, 5) is 27.9. The minimum absolute atomic E-state index is 0.01000. The largest absolute Gasteiger partial charge is 0.395 e. The van der Waals surface area contributed by atoms with Crippen molar-refractivity contribution < 1.29 is 9.90 Å². The SMILES string of the molecule is CC[C@H]1CN(c2nc(N)c(C(=O)NCCO)nc2Cl)CCN1C1CCN(C)CC1. The van der Waals surface area contributed by atoms with Gasteiger partial charge in [-0.1, -0.05) is 18.5 Å². The number of nitrogen functional groups attached to an aromatic ring is 1. The summed E-state index contributed by atoms with van der Waals surface area (Å²) in [5, 5.41) is 11.6. The van der Waals surface area contributed by atoms with Gasteiger partial charge in [0, 0.05) is 38.3 Å². The monoisotopic (exact) mass is 425 g/mol. The lowest BCUT2D eigenvalue weighted by molar-refractivity contribution is 0.0701. The highest BCUT2D eigenvalue weighted by Crippen LogP contribution is 2.29. The number of carbonyl (C=O) groups is 1. The van der Waals surface area contributed by atoms with E-state index in [9.17, 15) is 4.79 Å². The van der Waals surface area contributed by atoms with Gasteiger partial charge in [-0.15, -0.1) is 0 Å². The van der Waals surface area contributed by atoms with Gasteiger partial charge in [-0.3, -0.25) is 9.69 Å². The van der Waals surface area contributed by atoms with Gasteiger partial charge in [-0.05, 0) is 39.4 Å². The molecule has 0 spiro atoms. The van der Waals surface area contributed by atoms with E-state index in [1.807, 2.05) is 0 Å². The van der Waals surface area contributed by atoms with Crippen molar-refractivity contribution in [1.29, 1.82) is 0 Å². The molecule has 0 radical (unpaired) electrons. The van der Waals surface area contributed by atoms with Gasteiger partial charge in [0.15, 0.2) is 22.5 Å². The summed E-state index contributed by atoms with van der Waals surface area (Å²) in [7, 11) is 2.18. The first-order chi connectivity index (χ1) is 13.9. The Morgan fingerprint density at radius 1 is 1.28 bits per heavy atom. The summed E-state index contributed by atoms with van der Waals surface area (Å²) in [5.74, 6) is 0.0889. The number of aromatic nitrogens is 2. The number of likely N-dealkylation sites (tertiary alicyclic amines) is 1. The van der Waals surface area contributed by atoms with Crippen LogP contribution in [0.4, 0.5) is 11.6 Å². The molecule has 1 aromatic rings. The van der Waals surface area contributed by atoms with Crippen molar-refractivity contribution in [3.05, 3.63) is 10.8 Å². The third-order valence-electron chi connectivity index (χ3n) is 5.93. The highest BCUT2D eigenvalue weighted by Gasteiger charge is 2.34. The van der Waals surface area contributed by atoms with Gasteiger partial charge < -0.3 is 26.0 Å². The van der Waals surface area contributed by atoms with E-state index >= 15 is 0 Å². The number of nitrogens with zero attached hydrogens (tertiary/aromatic N) is 5. The van der Waals surface area contributed by atoms with Crippen molar-refractivity contribution in [1.82, 2.24) is 25.1 Å². The number of nitrogens with one attached hydrogen (secondary N) is 1. The van der Waals surface area contributed by atoms with E-state index in [2.05, 4.69) is 44.0 Å². The predicted molar refractivity (Wildman–Crippen MR) is 114 cm³/mol. The van der Waals surface area contributed by atoms with E-state index in [0.717, 1.165) is 39.1 Å². The van der Waals surface area contributed by atoms with Crippen LogP contribution in [-0.4, -0.2) is 95.8 Å². The predicted octanol–water partition coefficient (Wildman–Crippen LogP) is 0.429. The number of nitrogens with two attached hydrogens (primary N) is 1. The third-order valence-corrected chi connectivity index (χ3v) is 6.19. The number of amides is 1. The molecule has 2 fully saturated rings. The molecule has 0 saturated carbocycles. The number of piperazine rings is 1. The average molecular weight is 426 g/mol. The van der Waals surface area contributed by atoms with Gasteiger partial charge >= 0.3 is 0 Å². The molecule has 0 unspecified atom stereocenters. The molecule has 162 valence electrons.